The second kappa shape index (κ2) is 5.29. The molecule has 0 aliphatic carbocycles. The van der Waals surface area contributed by atoms with Gasteiger partial charge in [-0.2, -0.15) is 0 Å². The van der Waals surface area contributed by atoms with Gasteiger partial charge in [0.15, 0.2) is 0 Å². The highest BCUT2D eigenvalue weighted by atomic mass is 32.2. The molecule has 1 aliphatic heterocycles. The van der Waals surface area contributed by atoms with Crippen molar-refractivity contribution in [2.24, 2.45) is 0 Å². The monoisotopic (exact) mass is 224 g/mol. The van der Waals surface area contributed by atoms with Crippen LogP contribution in [0.15, 0.2) is 0 Å². The number of rotatable bonds is 2. The van der Waals surface area contributed by atoms with Crippen LogP contribution in [0.2, 0.25) is 0 Å². The van der Waals surface area contributed by atoms with Crippen molar-refractivity contribution in [2.75, 3.05) is 12.4 Å². The molecule has 0 saturated carbocycles. The van der Waals surface area contributed by atoms with Gasteiger partial charge in [0.25, 0.3) is 0 Å². The Morgan fingerprint density at radius 1 is 1.14 bits per heavy atom. The standard InChI is InChI=1S/C8H16O5S/c1-2-14-8-7(12)6(11)5(10)4(9)3-13-8/h4-12H,2-3H2,1H3/t4-,5-,6+,7-,8-/m1/s1. The molecule has 1 heterocycles. The van der Waals surface area contributed by atoms with Crippen LogP contribution in [0, 0.1) is 0 Å². The van der Waals surface area contributed by atoms with E-state index >= 15 is 0 Å². The third-order valence-corrected chi connectivity index (χ3v) is 3.21. The number of aliphatic hydroxyl groups excluding tert-OH is 4. The van der Waals surface area contributed by atoms with E-state index in [2.05, 4.69) is 0 Å². The minimum absolute atomic E-state index is 0.0764. The maximum Gasteiger partial charge on any atom is 0.131 e. The highest BCUT2D eigenvalue weighted by Gasteiger charge is 2.39. The summed E-state index contributed by atoms with van der Waals surface area (Å²) in [4.78, 5) is 0. The molecule has 0 aromatic heterocycles. The van der Waals surface area contributed by atoms with Crippen LogP contribution in [0.4, 0.5) is 0 Å². The lowest BCUT2D eigenvalue weighted by atomic mass is 10.1. The second-order valence-corrected chi connectivity index (χ2v) is 4.57. The first-order chi connectivity index (χ1) is 6.57. The minimum Gasteiger partial charge on any atom is -0.388 e. The number of ether oxygens (including phenoxy) is 1. The van der Waals surface area contributed by atoms with E-state index in [0.29, 0.717) is 0 Å². The predicted molar refractivity (Wildman–Crippen MR) is 51.9 cm³/mol. The Kier molecular flexibility index (Phi) is 4.62. The van der Waals surface area contributed by atoms with Gasteiger partial charge < -0.3 is 25.2 Å². The highest BCUT2D eigenvalue weighted by molar-refractivity contribution is 7.99. The lowest BCUT2D eigenvalue weighted by Crippen LogP contribution is -2.45. The van der Waals surface area contributed by atoms with Crippen LogP contribution in [0.5, 0.6) is 0 Å². The zero-order chi connectivity index (χ0) is 10.7. The first-order valence-electron chi connectivity index (χ1n) is 4.53. The molecule has 0 unspecified atom stereocenters. The van der Waals surface area contributed by atoms with Crippen LogP contribution in [-0.2, 0) is 4.74 Å². The second-order valence-electron chi connectivity index (χ2n) is 3.20. The highest BCUT2D eigenvalue weighted by Crippen LogP contribution is 2.24. The van der Waals surface area contributed by atoms with Crippen molar-refractivity contribution < 1.29 is 25.2 Å². The largest absolute Gasteiger partial charge is 0.388 e. The fourth-order valence-electron chi connectivity index (χ4n) is 1.29. The quantitative estimate of drug-likeness (QED) is 0.458. The number of hydrogen-bond acceptors (Lipinski definition) is 6. The van der Waals surface area contributed by atoms with Gasteiger partial charge in [0, 0.05) is 0 Å². The fraction of sp³-hybridized carbons (Fsp3) is 1.00. The zero-order valence-electron chi connectivity index (χ0n) is 7.91. The van der Waals surface area contributed by atoms with Crippen LogP contribution < -0.4 is 0 Å². The van der Waals surface area contributed by atoms with Crippen LogP contribution >= 0.6 is 11.8 Å². The summed E-state index contributed by atoms with van der Waals surface area (Å²) < 4.78 is 5.15. The zero-order valence-corrected chi connectivity index (χ0v) is 8.72. The van der Waals surface area contributed by atoms with Crippen molar-refractivity contribution >= 4 is 11.8 Å². The molecule has 5 nitrogen and oxygen atoms in total. The smallest absolute Gasteiger partial charge is 0.131 e. The van der Waals surface area contributed by atoms with Crippen molar-refractivity contribution in [1.29, 1.82) is 0 Å². The first kappa shape index (κ1) is 12.2. The topological polar surface area (TPSA) is 90.2 Å². The van der Waals surface area contributed by atoms with Gasteiger partial charge in [-0.1, -0.05) is 6.92 Å². The average Bonchev–Trinajstić information content (AvgIpc) is 2.26. The third kappa shape index (κ3) is 2.59. The summed E-state index contributed by atoms with van der Waals surface area (Å²) in [6.07, 6.45) is -5.04. The molecule has 0 aromatic rings. The van der Waals surface area contributed by atoms with Crippen LogP contribution in [0.1, 0.15) is 6.92 Å². The minimum atomic E-state index is -1.36. The Morgan fingerprint density at radius 2 is 1.79 bits per heavy atom. The van der Waals surface area contributed by atoms with Crippen molar-refractivity contribution in [2.45, 2.75) is 36.8 Å². The summed E-state index contributed by atoms with van der Waals surface area (Å²) in [5.74, 6) is 0.723. The maximum atomic E-state index is 9.57. The van der Waals surface area contributed by atoms with Gasteiger partial charge in [-0.15, -0.1) is 11.8 Å². The first-order valence-corrected chi connectivity index (χ1v) is 5.58. The molecule has 1 fully saturated rings. The van der Waals surface area contributed by atoms with E-state index in [9.17, 15) is 20.4 Å². The Labute approximate surface area is 86.7 Å². The molecule has 1 aliphatic rings. The molecule has 0 radical (unpaired) electrons. The van der Waals surface area contributed by atoms with E-state index in [1.165, 1.54) is 11.8 Å². The molecular formula is C8H16O5S. The molecule has 0 bridgehead atoms. The van der Waals surface area contributed by atoms with E-state index in [0.717, 1.165) is 5.75 Å². The van der Waals surface area contributed by atoms with Gasteiger partial charge in [-0.05, 0) is 5.75 Å². The SMILES string of the molecule is CCS[C@H]1OC[C@@H](O)[C@@H](O)[C@H](O)[C@H]1O. The summed E-state index contributed by atoms with van der Waals surface area (Å²) in [5.41, 5.74) is -0.596. The van der Waals surface area contributed by atoms with E-state index < -0.39 is 29.9 Å². The summed E-state index contributed by atoms with van der Waals surface area (Å²) in [7, 11) is 0. The number of aliphatic hydroxyl groups is 4. The van der Waals surface area contributed by atoms with Crippen molar-refractivity contribution in [3.05, 3.63) is 0 Å². The van der Waals surface area contributed by atoms with Gasteiger partial charge in [-0.25, -0.2) is 0 Å². The molecule has 0 amide bonds. The lowest BCUT2D eigenvalue weighted by molar-refractivity contribution is -0.0913. The van der Waals surface area contributed by atoms with Gasteiger partial charge in [0.2, 0.25) is 0 Å². The summed E-state index contributed by atoms with van der Waals surface area (Å²) in [6.45, 7) is 1.82. The Hall–Kier alpha value is 0.150. The average molecular weight is 224 g/mol. The molecular weight excluding hydrogens is 208 g/mol. The van der Waals surface area contributed by atoms with Crippen LogP contribution in [0.25, 0.3) is 0 Å². The molecule has 0 aromatic carbocycles. The molecule has 0 spiro atoms. The van der Waals surface area contributed by atoms with E-state index in [1.807, 2.05) is 6.92 Å². The summed E-state index contributed by atoms with van der Waals surface area (Å²) >= 11 is 1.33. The molecule has 5 atom stereocenters. The molecule has 14 heavy (non-hydrogen) atoms. The van der Waals surface area contributed by atoms with E-state index in [4.69, 9.17) is 4.74 Å². The fourth-order valence-corrected chi connectivity index (χ4v) is 2.15. The normalized spacial score (nSPS) is 44.8. The summed E-state index contributed by atoms with van der Waals surface area (Å²) in [5, 5.41) is 37.6. The Morgan fingerprint density at radius 3 is 2.36 bits per heavy atom. The Balaban J connectivity index is 2.65. The third-order valence-electron chi connectivity index (χ3n) is 2.14. The molecule has 84 valence electrons. The van der Waals surface area contributed by atoms with E-state index in [-0.39, 0.29) is 6.61 Å². The van der Waals surface area contributed by atoms with Crippen molar-refractivity contribution in [1.82, 2.24) is 0 Å². The Bertz CT molecular complexity index is 179. The van der Waals surface area contributed by atoms with Gasteiger partial charge in [0.05, 0.1) is 6.61 Å². The van der Waals surface area contributed by atoms with Crippen LogP contribution in [0.3, 0.4) is 0 Å². The van der Waals surface area contributed by atoms with Gasteiger partial charge >= 0.3 is 0 Å². The molecule has 1 saturated heterocycles. The number of thioether (sulfide) groups is 1. The maximum absolute atomic E-state index is 9.57. The van der Waals surface area contributed by atoms with Gasteiger partial charge in [0.1, 0.15) is 29.9 Å². The molecule has 4 N–H and O–H groups in total. The van der Waals surface area contributed by atoms with E-state index in [1.54, 1.807) is 0 Å². The summed E-state index contributed by atoms with van der Waals surface area (Å²) in [6, 6.07) is 0. The lowest BCUT2D eigenvalue weighted by Gasteiger charge is -2.24. The molecule has 6 heteroatoms. The predicted octanol–water partition coefficient (Wildman–Crippen LogP) is -1.46. The van der Waals surface area contributed by atoms with Crippen molar-refractivity contribution in [3.8, 4) is 0 Å². The van der Waals surface area contributed by atoms with Crippen molar-refractivity contribution in [3.63, 3.8) is 0 Å². The molecule has 1 rings (SSSR count). The van der Waals surface area contributed by atoms with Gasteiger partial charge in [-0.3, -0.25) is 0 Å². The number of hydrogen-bond donors (Lipinski definition) is 4. The van der Waals surface area contributed by atoms with Crippen LogP contribution in [-0.4, -0.2) is 62.6 Å².